The molecule has 2 aromatic carbocycles. The first-order valence-electron chi connectivity index (χ1n) is 23.7. The van der Waals surface area contributed by atoms with E-state index in [-0.39, 0.29) is 65.8 Å². The number of amides is 4. The van der Waals surface area contributed by atoms with Crippen LogP contribution in [0.5, 0.6) is 0 Å². The Labute approximate surface area is 407 Å². The summed E-state index contributed by atoms with van der Waals surface area (Å²) in [6.45, 7) is 3.05. The molecule has 17 nitrogen and oxygen atoms in total. The normalized spacial score (nSPS) is 34.7. The van der Waals surface area contributed by atoms with Crippen LogP contribution in [0.15, 0.2) is 72.3 Å². The fraction of sp³-hybridized carbons (Fsp3) is 0.549. The van der Waals surface area contributed by atoms with E-state index in [4.69, 9.17) is 19.3 Å². The number of hydrogen-bond donors (Lipinski definition) is 7. The average Bonchev–Trinajstić information content (AvgIpc) is 3.80. The number of Topliss-reactive ketones (excluding diaryl/α,β-unsaturated/α-hetero) is 1. The number of allylic oxidation sites excluding steroid dienone is 4. The standard InChI is InChI=1S/C51H59BrN4O13/c1-47-16-15-33(58)17-31(47)9-12-34-35-18-39-51(38(60)23-57,48(35,2)20-37(59)43(34)47)69-45(68-39)30-7-3-28(4-8-30)19-49-25-50(26-49,27-49)56-46(66)67-24-29-5-10-32(11-6-29)54-44(65)36(13-14-42(63)64)55-41(62)22-53-40(61)21-52/h3-8,10-11,15-17,34-37,39,43,45,57,59H,9,12-14,18-27H2,1-2H3,(H,53,61)(H,54,65)(H,55,62)(H,56,66)(H,63,64)/t34-,35-,36-,37-,39+,43+,45-,47-,48-,49?,50?,51+/m0/s1. The molecule has 1 saturated heterocycles. The van der Waals surface area contributed by atoms with Crippen molar-refractivity contribution in [3.8, 4) is 0 Å². The van der Waals surface area contributed by atoms with Gasteiger partial charge in [0, 0.05) is 40.0 Å². The number of carbonyl (C=O) groups is 7. The van der Waals surface area contributed by atoms with Crippen molar-refractivity contribution in [2.45, 2.75) is 120 Å². The fourth-order valence-corrected chi connectivity index (χ4v) is 13.9. The highest BCUT2D eigenvalue weighted by Gasteiger charge is 2.76. The Morgan fingerprint density at radius 1 is 0.971 bits per heavy atom. The molecule has 0 spiro atoms. The molecule has 69 heavy (non-hydrogen) atoms. The van der Waals surface area contributed by atoms with Crippen molar-refractivity contribution in [2.75, 3.05) is 23.8 Å². The minimum atomic E-state index is -1.43. The van der Waals surface area contributed by atoms with Gasteiger partial charge in [0.05, 0.1) is 24.1 Å². The van der Waals surface area contributed by atoms with Crippen LogP contribution < -0.4 is 21.3 Å². The lowest BCUT2D eigenvalue weighted by Gasteiger charge is -2.70. The molecule has 6 saturated carbocycles. The largest absolute Gasteiger partial charge is 0.481 e. The van der Waals surface area contributed by atoms with Gasteiger partial charge in [0.15, 0.2) is 23.5 Å². The summed E-state index contributed by atoms with van der Waals surface area (Å²) in [5.41, 5.74) is 1.05. The Bertz CT molecular complexity index is 2480. The molecule has 10 rings (SSSR count). The minimum Gasteiger partial charge on any atom is -0.481 e. The van der Waals surface area contributed by atoms with E-state index < -0.39 is 83.1 Å². The number of carboxylic acids is 1. The molecule has 1 aliphatic heterocycles. The lowest BCUT2D eigenvalue weighted by molar-refractivity contribution is -0.201. The highest BCUT2D eigenvalue weighted by Crippen LogP contribution is 2.71. The highest BCUT2D eigenvalue weighted by molar-refractivity contribution is 9.09. The van der Waals surface area contributed by atoms with Crippen molar-refractivity contribution in [1.82, 2.24) is 16.0 Å². The summed E-state index contributed by atoms with van der Waals surface area (Å²) in [4.78, 5) is 87.0. The number of aliphatic hydroxyl groups is 2. The number of hydrogen-bond acceptors (Lipinski definition) is 12. The molecule has 368 valence electrons. The zero-order valence-corrected chi connectivity index (χ0v) is 40.2. The van der Waals surface area contributed by atoms with Gasteiger partial charge in [-0.1, -0.05) is 77.8 Å². The second-order valence-corrected chi connectivity index (χ2v) is 21.5. The summed E-state index contributed by atoms with van der Waals surface area (Å²) in [6, 6.07) is 13.4. The van der Waals surface area contributed by atoms with Gasteiger partial charge in [-0.15, -0.1) is 0 Å². The maximum Gasteiger partial charge on any atom is 0.407 e. The lowest BCUT2D eigenvalue weighted by atomic mass is 9.38. The van der Waals surface area contributed by atoms with Gasteiger partial charge in [0.1, 0.15) is 19.3 Å². The van der Waals surface area contributed by atoms with E-state index in [1.165, 1.54) is 0 Å². The topological polar surface area (TPSA) is 256 Å². The second kappa shape index (κ2) is 18.5. The van der Waals surface area contributed by atoms with Gasteiger partial charge < -0.3 is 50.8 Å². The molecular weight excluding hydrogens is 956 g/mol. The number of rotatable bonds is 17. The maximum atomic E-state index is 14.0. The van der Waals surface area contributed by atoms with Gasteiger partial charge in [0.2, 0.25) is 17.7 Å². The molecule has 2 bridgehead atoms. The lowest BCUT2D eigenvalue weighted by Crippen LogP contribution is -2.75. The summed E-state index contributed by atoms with van der Waals surface area (Å²) >= 11 is 2.98. The van der Waals surface area contributed by atoms with Crippen LogP contribution in [0.25, 0.3) is 0 Å². The van der Waals surface area contributed by atoms with Crippen LogP contribution >= 0.6 is 15.9 Å². The van der Waals surface area contributed by atoms with Gasteiger partial charge in [-0.2, -0.15) is 0 Å². The van der Waals surface area contributed by atoms with E-state index in [1.807, 2.05) is 37.3 Å². The smallest absolute Gasteiger partial charge is 0.407 e. The third kappa shape index (κ3) is 8.85. The Balaban J connectivity index is 0.746. The molecule has 10 atom stereocenters. The van der Waals surface area contributed by atoms with Crippen LogP contribution in [-0.4, -0.2) is 105 Å². The summed E-state index contributed by atoms with van der Waals surface area (Å²) in [7, 11) is 0. The number of alkyl carbamates (subject to hydrolysis) is 1. The van der Waals surface area contributed by atoms with Crippen LogP contribution in [-0.2, 0) is 56.0 Å². The van der Waals surface area contributed by atoms with Crippen LogP contribution in [0.1, 0.15) is 94.6 Å². The van der Waals surface area contributed by atoms with Crippen molar-refractivity contribution in [3.05, 3.63) is 89.0 Å². The summed E-state index contributed by atoms with van der Waals surface area (Å²) in [6.07, 6.45) is 7.70. The molecule has 7 aliphatic carbocycles. The molecule has 7 N–H and O–H groups in total. The minimum absolute atomic E-state index is 0.00507. The average molecular weight is 1020 g/mol. The molecule has 0 unspecified atom stereocenters. The third-order valence-electron chi connectivity index (χ3n) is 16.6. The van der Waals surface area contributed by atoms with Crippen LogP contribution in [0.4, 0.5) is 10.5 Å². The predicted molar refractivity (Wildman–Crippen MR) is 250 cm³/mol. The van der Waals surface area contributed by atoms with E-state index in [1.54, 1.807) is 36.4 Å². The van der Waals surface area contributed by atoms with Gasteiger partial charge in [0.25, 0.3) is 0 Å². The van der Waals surface area contributed by atoms with E-state index in [9.17, 15) is 43.8 Å². The number of aliphatic carboxylic acids is 1. The van der Waals surface area contributed by atoms with Gasteiger partial charge in [-0.3, -0.25) is 28.8 Å². The van der Waals surface area contributed by atoms with Crippen LogP contribution in [0, 0.1) is 34.0 Å². The Kier molecular flexibility index (Phi) is 13.1. The first-order valence-corrected chi connectivity index (χ1v) is 24.8. The Morgan fingerprint density at radius 3 is 2.36 bits per heavy atom. The fourth-order valence-electron chi connectivity index (χ4n) is 13.7. The number of ether oxygens (including phenoxy) is 3. The number of carbonyl (C=O) groups excluding carboxylic acids is 6. The monoisotopic (exact) mass is 1010 g/mol. The van der Waals surface area contributed by atoms with E-state index in [0.29, 0.717) is 24.1 Å². The van der Waals surface area contributed by atoms with Crippen molar-refractivity contribution in [1.29, 1.82) is 0 Å². The quantitative estimate of drug-likeness (QED) is 0.108. The molecule has 0 aromatic heterocycles. The maximum absolute atomic E-state index is 14.0. The molecule has 1 heterocycles. The first kappa shape index (κ1) is 48.7. The number of fused-ring (bicyclic) bond motifs is 7. The van der Waals surface area contributed by atoms with Gasteiger partial charge >= 0.3 is 12.1 Å². The number of carboxylic acid groups (broad SMARTS) is 1. The number of anilines is 1. The zero-order valence-electron chi connectivity index (χ0n) is 38.6. The molecule has 0 radical (unpaired) electrons. The van der Waals surface area contributed by atoms with E-state index in [0.717, 1.165) is 55.2 Å². The van der Waals surface area contributed by atoms with E-state index >= 15 is 0 Å². The van der Waals surface area contributed by atoms with Gasteiger partial charge in [-0.25, -0.2) is 4.79 Å². The van der Waals surface area contributed by atoms with Crippen molar-refractivity contribution >= 4 is 63.0 Å². The molecule has 7 fully saturated rings. The second-order valence-electron chi connectivity index (χ2n) is 20.9. The Morgan fingerprint density at radius 2 is 1.68 bits per heavy atom. The highest BCUT2D eigenvalue weighted by atomic mass is 79.9. The number of benzene rings is 2. The van der Waals surface area contributed by atoms with Crippen molar-refractivity contribution < 1.29 is 63.1 Å². The molecule has 8 aliphatic rings. The number of nitrogens with one attached hydrogen (secondary N) is 4. The summed E-state index contributed by atoms with van der Waals surface area (Å²) < 4.78 is 19.0. The number of ketones is 2. The number of alkyl halides is 1. The number of halogens is 1. The third-order valence-corrected chi connectivity index (χ3v) is 17.1. The molecule has 18 heteroatoms. The van der Waals surface area contributed by atoms with Gasteiger partial charge in [-0.05, 0) is 110 Å². The van der Waals surface area contributed by atoms with Crippen LogP contribution in [0.3, 0.4) is 0 Å². The Hall–Kier alpha value is -5.27. The summed E-state index contributed by atoms with van der Waals surface area (Å²) in [5.74, 6) is -3.34. The zero-order chi connectivity index (χ0) is 49.1. The molecule has 4 amide bonds. The predicted octanol–water partition coefficient (Wildman–Crippen LogP) is 4.48. The van der Waals surface area contributed by atoms with Crippen molar-refractivity contribution in [3.63, 3.8) is 0 Å². The van der Waals surface area contributed by atoms with Crippen LogP contribution in [0.2, 0.25) is 0 Å². The number of aliphatic hydroxyl groups excluding tert-OH is 2. The SMILES string of the molecule is C[C@]12C=CC(=O)C=C1CC[C@@H]1[C@@H]2[C@@H](O)C[C@@]2(C)[C@H]1C[C@H]1O[C@H](c3ccc(CC45CC(NC(=O)OCc6ccc(NC(=O)[C@H](CCC(=O)O)NC(=O)CNC(=O)CBr)cc6)(C4)C5)cc3)O[C@]12C(=O)CO. The molecular formula is C51H59BrN4O13. The molecule has 2 aromatic rings. The van der Waals surface area contributed by atoms with E-state index in [2.05, 4.69) is 44.1 Å². The first-order chi connectivity index (χ1) is 32.8. The van der Waals surface area contributed by atoms with Crippen molar-refractivity contribution in [2.24, 2.45) is 34.0 Å². The summed E-state index contributed by atoms with van der Waals surface area (Å²) in [5, 5.41) is 42.0.